The zero-order valence-corrected chi connectivity index (χ0v) is 14.4. The Morgan fingerprint density at radius 3 is 2.54 bits per heavy atom. The molecule has 1 N–H and O–H groups in total. The predicted octanol–water partition coefficient (Wildman–Crippen LogP) is 2.75. The molecule has 0 atom stereocenters. The number of anilines is 1. The predicted molar refractivity (Wildman–Crippen MR) is 96.8 cm³/mol. The number of hydrogen-bond acceptors (Lipinski definition) is 5. The molecule has 2 aromatic rings. The number of rotatable bonds is 3. The molecule has 0 bridgehead atoms. The van der Waals surface area contributed by atoms with Gasteiger partial charge in [-0.1, -0.05) is 18.2 Å². The Morgan fingerprint density at radius 2 is 1.77 bits per heavy atom. The number of benzene rings is 2. The Balaban J connectivity index is 1.41. The zero-order valence-electron chi connectivity index (χ0n) is 14.4. The summed E-state index contributed by atoms with van der Waals surface area (Å²) in [6, 6.07) is 12.5. The number of piperazine rings is 1. The van der Waals surface area contributed by atoms with E-state index in [-0.39, 0.29) is 12.4 Å². The summed E-state index contributed by atoms with van der Waals surface area (Å²) >= 11 is 0. The minimum Gasteiger partial charge on any atom is -0.482 e. The van der Waals surface area contributed by atoms with Crippen molar-refractivity contribution in [2.45, 2.75) is 6.61 Å². The lowest BCUT2D eigenvalue weighted by Crippen LogP contribution is -2.45. The molecule has 0 amide bonds. The maximum atomic E-state index is 13.9. The van der Waals surface area contributed by atoms with E-state index in [1.807, 2.05) is 36.5 Å². The Hall–Kier alpha value is -2.73. The second kappa shape index (κ2) is 7.25. The first kappa shape index (κ1) is 16.7. The number of hydrogen-bond donors (Lipinski definition) is 1. The van der Waals surface area contributed by atoms with Crippen LogP contribution in [-0.2, 0) is 6.61 Å². The van der Waals surface area contributed by atoms with Crippen LogP contribution in [0.5, 0.6) is 11.5 Å². The lowest BCUT2D eigenvalue weighted by Gasteiger charge is -2.37. The van der Waals surface area contributed by atoms with Gasteiger partial charge in [0, 0.05) is 43.6 Å². The first-order chi connectivity index (χ1) is 12.7. The molecule has 2 aromatic carbocycles. The lowest BCUT2D eigenvalue weighted by atomic mass is 10.1. The van der Waals surface area contributed by atoms with Crippen LogP contribution in [-0.4, -0.2) is 42.8 Å². The molecule has 4 rings (SSSR count). The van der Waals surface area contributed by atoms with E-state index < -0.39 is 0 Å². The molecule has 5 nitrogen and oxygen atoms in total. The molecule has 0 saturated carbocycles. The number of aliphatic hydroxyl groups excluding tert-OH is 1. The van der Waals surface area contributed by atoms with E-state index in [0.29, 0.717) is 12.2 Å². The van der Waals surface area contributed by atoms with Crippen molar-refractivity contribution in [1.82, 2.24) is 4.90 Å². The van der Waals surface area contributed by atoms with E-state index in [2.05, 4.69) is 9.80 Å². The first-order valence-corrected chi connectivity index (χ1v) is 8.72. The lowest BCUT2D eigenvalue weighted by molar-refractivity contribution is 0.220. The van der Waals surface area contributed by atoms with E-state index >= 15 is 0 Å². The van der Waals surface area contributed by atoms with E-state index in [0.717, 1.165) is 49.1 Å². The topological polar surface area (TPSA) is 45.2 Å². The smallest absolute Gasteiger partial charge is 0.169 e. The molecule has 1 fully saturated rings. The summed E-state index contributed by atoms with van der Waals surface area (Å²) in [6.07, 6.45) is 1.99. The van der Waals surface area contributed by atoms with Gasteiger partial charge < -0.3 is 24.4 Å². The highest BCUT2D eigenvalue weighted by Gasteiger charge is 2.21. The van der Waals surface area contributed by atoms with E-state index in [4.69, 9.17) is 9.47 Å². The van der Waals surface area contributed by atoms with Gasteiger partial charge >= 0.3 is 0 Å². The molecule has 0 radical (unpaired) electrons. The monoisotopic (exact) mass is 356 g/mol. The highest BCUT2D eigenvalue weighted by Crippen LogP contribution is 2.32. The minimum absolute atomic E-state index is 0.295. The average Bonchev–Trinajstić information content (AvgIpc) is 2.68. The fraction of sp³-hybridized carbons (Fsp3) is 0.300. The first-order valence-electron chi connectivity index (χ1n) is 8.72. The summed E-state index contributed by atoms with van der Waals surface area (Å²) < 4.78 is 25.5. The number of ether oxygens (including phenoxy) is 2. The molecule has 0 unspecified atom stereocenters. The molecule has 136 valence electrons. The third-order valence-electron chi connectivity index (χ3n) is 4.69. The molecular formula is C20H21FN2O3. The van der Waals surface area contributed by atoms with Crippen LogP contribution >= 0.6 is 0 Å². The molecule has 26 heavy (non-hydrogen) atoms. The number of nitrogens with zero attached hydrogens (tertiary/aromatic N) is 2. The summed E-state index contributed by atoms with van der Waals surface area (Å²) in [5.74, 6) is 1.91. The van der Waals surface area contributed by atoms with Crippen LogP contribution in [0.2, 0.25) is 0 Å². The van der Waals surface area contributed by atoms with Crippen molar-refractivity contribution in [3.63, 3.8) is 0 Å². The maximum Gasteiger partial charge on any atom is 0.169 e. The third kappa shape index (κ3) is 3.32. The molecule has 0 spiro atoms. The normalized spacial score (nSPS) is 18.3. The number of aliphatic hydroxyl groups is 1. The van der Waals surface area contributed by atoms with Crippen molar-refractivity contribution < 1.29 is 19.0 Å². The van der Waals surface area contributed by atoms with Crippen LogP contribution in [0, 0.1) is 5.82 Å². The van der Waals surface area contributed by atoms with Crippen LogP contribution in [0.3, 0.4) is 0 Å². The fourth-order valence-corrected chi connectivity index (χ4v) is 3.33. The van der Waals surface area contributed by atoms with Crippen molar-refractivity contribution in [1.29, 1.82) is 0 Å². The van der Waals surface area contributed by atoms with Gasteiger partial charge in [-0.3, -0.25) is 0 Å². The molecule has 2 aliphatic heterocycles. The summed E-state index contributed by atoms with van der Waals surface area (Å²) in [5.41, 5.74) is 1.13. The molecule has 2 aliphatic rings. The minimum atomic E-state index is -0.360. The third-order valence-corrected chi connectivity index (χ3v) is 4.69. The zero-order chi connectivity index (χ0) is 17.9. The average molecular weight is 356 g/mol. The molecular weight excluding hydrogens is 335 g/mol. The van der Waals surface area contributed by atoms with Crippen LogP contribution in [0.25, 0.3) is 0 Å². The van der Waals surface area contributed by atoms with E-state index in [1.54, 1.807) is 6.07 Å². The summed E-state index contributed by atoms with van der Waals surface area (Å²) in [5, 5.41) is 9.46. The highest BCUT2D eigenvalue weighted by atomic mass is 19.1. The van der Waals surface area contributed by atoms with Gasteiger partial charge in [0.1, 0.15) is 12.4 Å². The van der Waals surface area contributed by atoms with Crippen LogP contribution in [0.4, 0.5) is 10.1 Å². The van der Waals surface area contributed by atoms with Gasteiger partial charge in [0.2, 0.25) is 0 Å². The van der Waals surface area contributed by atoms with Gasteiger partial charge in [0.25, 0.3) is 0 Å². The number of fused-ring (bicyclic) bond motifs is 1. The van der Waals surface area contributed by atoms with Crippen molar-refractivity contribution in [2.75, 3.05) is 37.7 Å². The van der Waals surface area contributed by atoms with Gasteiger partial charge in [-0.25, -0.2) is 4.39 Å². The van der Waals surface area contributed by atoms with E-state index in [9.17, 15) is 9.50 Å². The van der Waals surface area contributed by atoms with Crippen molar-refractivity contribution >= 4 is 5.69 Å². The second-order valence-corrected chi connectivity index (χ2v) is 6.35. The summed E-state index contributed by atoms with van der Waals surface area (Å²) in [6.45, 7) is 3.19. The van der Waals surface area contributed by atoms with Gasteiger partial charge in [0.15, 0.2) is 17.3 Å². The second-order valence-electron chi connectivity index (χ2n) is 6.35. The Labute approximate surface area is 151 Å². The van der Waals surface area contributed by atoms with Gasteiger partial charge in [-0.15, -0.1) is 0 Å². The van der Waals surface area contributed by atoms with Crippen molar-refractivity contribution in [3.8, 4) is 11.5 Å². The Morgan fingerprint density at radius 1 is 1.00 bits per heavy atom. The Kier molecular flexibility index (Phi) is 4.67. The largest absolute Gasteiger partial charge is 0.482 e. The Bertz CT molecular complexity index is 816. The van der Waals surface area contributed by atoms with Gasteiger partial charge in [-0.05, 0) is 24.3 Å². The molecule has 0 aromatic heterocycles. The highest BCUT2D eigenvalue weighted by molar-refractivity contribution is 5.54. The quantitative estimate of drug-likeness (QED) is 0.916. The molecule has 2 heterocycles. The number of halogens is 1. The van der Waals surface area contributed by atoms with Crippen molar-refractivity contribution in [3.05, 3.63) is 65.8 Å². The van der Waals surface area contributed by atoms with Gasteiger partial charge in [-0.2, -0.15) is 0 Å². The summed E-state index contributed by atoms with van der Waals surface area (Å²) in [4.78, 5) is 4.29. The maximum absolute atomic E-state index is 13.9. The fourth-order valence-electron chi connectivity index (χ4n) is 3.33. The van der Waals surface area contributed by atoms with Gasteiger partial charge in [0.05, 0.1) is 6.61 Å². The van der Waals surface area contributed by atoms with Crippen LogP contribution in [0.1, 0.15) is 5.56 Å². The molecule has 0 aliphatic carbocycles. The molecule has 1 saturated heterocycles. The number of para-hydroxylation sites is 2. The van der Waals surface area contributed by atoms with E-state index in [1.165, 1.54) is 6.07 Å². The molecule has 6 heteroatoms. The van der Waals surface area contributed by atoms with Crippen molar-refractivity contribution in [2.24, 2.45) is 0 Å². The SMILES string of the molecule is OCc1c(F)cccc1N1CCN(C=C2COc3ccccc3O2)CC1. The standard InChI is InChI=1S/C20H21FN2O3/c21-17-4-3-5-18(16(17)13-24)23-10-8-22(9-11-23)12-15-14-25-19-6-1-2-7-20(19)26-15/h1-7,12,24H,8-11,13-14H2. The van der Waals surface area contributed by atoms with Crippen LogP contribution in [0.15, 0.2) is 54.4 Å². The van der Waals surface area contributed by atoms with Crippen LogP contribution < -0.4 is 14.4 Å². The summed E-state index contributed by atoms with van der Waals surface area (Å²) in [7, 11) is 0.